The van der Waals surface area contributed by atoms with Crippen molar-refractivity contribution in [2.24, 2.45) is 23.7 Å². The van der Waals surface area contributed by atoms with Crippen LogP contribution in [-0.2, 0) is 11.3 Å². The molecule has 3 rings (SSSR count). The summed E-state index contributed by atoms with van der Waals surface area (Å²) in [4.78, 5) is 0. The van der Waals surface area contributed by atoms with Crippen molar-refractivity contribution < 1.29 is 4.74 Å². The van der Waals surface area contributed by atoms with Gasteiger partial charge in [-0.2, -0.15) is 0 Å². The largest absolute Gasteiger partial charge is 0.376 e. The van der Waals surface area contributed by atoms with Gasteiger partial charge in [-0.1, -0.05) is 56.5 Å². The van der Waals surface area contributed by atoms with E-state index in [1.54, 1.807) is 0 Å². The summed E-state index contributed by atoms with van der Waals surface area (Å²) in [6, 6.07) is 10.5. The molecule has 1 aromatic rings. The lowest BCUT2D eigenvalue weighted by Crippen LogP contribution is -2.00. The molecule has 4 atom stereocenters. The van der Waals surface area contributed by atoms with Crippen LogP contribution in [0.15, 0.2) is 30.3 Å². The molecule has 1 nitrogen and oxygen atoms in total. The molecule has 0 aromatic heterocycles. The van der Waals surface area contributed by atoms with Crippen molar-refractivity contribution in [1.82, 2.24) is 0 Å². The number of hydrogen-bond acceptors (Lipinski definition) is 1. The van der Waals surface area contributed by atoms with Gasteiger partial charge in [0, 0.05) is 0 Å². The van der Waals surface area contributed by atoms with Crippen LogP contribution in [0.25, 0.3) is 0 Å². The van der Waals surface area contributed by atoms with E-state index in [0.717, 1.165) is 36.9 Å². The Kier molecular flexibility index (Phi) is 4.22. The van der Waals surface area contributed by atoms with Crippen LogP contribution in [0.3, 0.4) is 0 Å². The molecule has 2 saturated carbocycles. The van der Waals surface area contributed by atoms with E-state index < -0.39 is 0 Å². The third-order valence-electron chi connectivity index (χ3n) is 4.88. The Morgan fingerprint density at radius 1 is 1.05 bits per heavy atom. The molecule has 0 N–H and O–H groups in total. The summed E-state index contributed by atoms with van der Waals surface area (Å²) in [5.41, 5.74) is 1.30. The Balaban J connectivity index is 1.30. The zero-order chi connectivity index (χ0) is 13.1. The highest BCUT2D eigenvalue weighted by Gasteiger charge is 2.52. The zero-order valence-electron chi connectivity index (χ0n) is 12.1. The van der Waals surface area contributed by atoms with Crippen LogP contribution in [0.1, 0.15) is 44.6 Å². The molecule has 19 heavy (non-hydrogen) atoms. The highest BCUT2D eigenvalue weighted by atomic mass is 16.5. The third kappa shape index (κ3) is 3.60. The van der Waals surface area contributed by atoms with E-state index in [9.17, 15) is 0 Å². The predicted molar refractivity (Wildman–Crippen MR) is 78.8 cm³/mol. The maximum atomic E-state index is 5.87. The fourth-order valence-corrected chi connectivity index (χ4v) is 3.48. The van der Waals surface area contributed by atoms with E-state index >= 15 is 0 Å². The van der Waals surface area contributed by atoms with Crippen LogP contribution in [0.2, 0.25) is 0 Å². The molecular weight excluding hydrogens is 232 g/mol. The maximum Gasteiger partial charge on any atom is 0.0717 e. The molecule has 2 aliphatic carbocycles. The van der Waals surface area contributed by atoms with Gasteiger partial charge in [-0.05, 0) is 42.1 Å². The quantitative estimate of drug-likeness (QED) is 0.658. The summed E-state index contributed by atoms with van der Waals surface area (Å²) in [5, 5.41) is 0. The number of ether oxygens (including phenoxy) is 1. The lowest BCUT2D eigenvalue weighted by Gasteiger charge is -2.04. The average Bonchev–Trinajstić information content (AvgIpc) is 3.32. The molecule has 0 radical (unpaired) electrons. The maximum absolute atomic E-state index is 5.87. The second-order valence-corrected chi connectivity index (χ2v) is 6.46. The first-order valence-electron chi connectivity index (χ1n) is 8.00. The Hall–Kier alpha value is -0.820. The van der Waals surface area contributed by atoms with Gasteiger partial charge in [0.2, 0.25) is 0 Å². The molecule has 0 bridgehead atoms. The van der Waals surface area contributed by atoms with Crippen LogP contribution in [0, 0.1) is 23.7 Å². The molecule has 0 spiro atoms. The minimum atomic E-state index is 0.786. The molecular formula is C18H26O. The fourth-order valence-electron chi connectivity index (χ4n) is 3.48. The zero-order valence-corrected chi connectivity index (χ0v) is 12.1. The first-order valence-corrected chi connectivity index (χ1v) is 8.00. The van der Waals surface area contributed by atoms with Crippen LogP contribution in [0.5, 0.6) is 0 Å². The molecule has 0 heterocycles. The number of hydrogen-bond donors (Lipinski definition) is 0. The standard InChI is InChI=1S/C18H26O/c1-2-3-9-15-10-17(15)18-11-16(18)13-19-12-14-7-5-4-6-8-14/h4-8,15-18H,2-3,9-13H2,1H3/t15-,16+,17-,18-/m1/s1. The topological polar surface area (TPSA) is 9.23 Å². The van der Waals surface area contributed by atoms with Crippen molar-refractivity contribution in [2.75, 3.05) is 6.61 Å². The van der Waals surface area contributed by atoms with Gasteiger partial charge in [0.05, 0.1) is 13.2 Å². The average molecular weight is 258 g/mol. The molecule has 0 aliphatic heterocycles. The SMILES string of the molecule is CCCC[C@@H]1C[C@H]1[C@@H]1C[C@H]1COCc1ccccc1. The molecule has 0 amide bonds. The number of benzene rings is 1. The van der Waals surface area contributed by atoms with Crippen LogP contribution in [0.4, 0.5) is 0 Å². The normalized spacial score (nSPS) is 32.3. The Morgan fingerprint density at radius 2 is 1.79 bits per heavy atom. The number of rotatable bonds is 8. The second-order valence-electron chi connectivity index (χ2n) is 6.46. The molecule has 2 aliphatic rings. The minimum absolute atomic E-state index is 0.786. The smallest absolute Gasteiger partial charge is 0.0717 e. The van der Waals surface area contributed by atoms with E-state index in [4.69, 9.17) is 4.74 Å². The van der Waals surface area contributed by atoms with Crippen LogP contribution in [-0.4, -0.2) is 6.61 Å². The molecule has 2 fully saturated rings. The predicted octanol–water partition coefficient (Wildman–Crippen LogP) is 4.67. The molecule has 1 heteroatoms. The Morgan fingerprint density at radius 3 is 2.58 bits per heavy atom. The number of unbranched alkanes of at least 4 members (excludes halogenated alkanes) is 1. The van der Waals surface area contributed by atoms with Crippen LogP contribution < -0.4 is 0 Å². The highest BCUT2D eigenvalue weighted by molar-refractivity contribution is 5.13. The van der Waals surface area contributed by atoms with Crippen molar-refractivity contribution in [3.05, 3.63) is 35.9 Å². The van der Waals surface area contributed by atoms with Gasteiger partial charge in [-0.3, -0.25) is 0 Å². The summed E-state index contributed by atoms with van der Waals surface area (Å²) in [6.45, 7) is 4.07. The van der Waals surface area contributed by atoms with E-state index in [0.29, 0.717) is 0 Å². The van der Waals surface area contributed by atoms with Crippen LogP contribution >= 0.6 is 0 Å². The van der Waals surface area contributed by atoms with Crippen molar-refractivity contribution in [2.45, 2.75) is 45.6 Å². The first kappa shape index (κ1) is 13.2. The highest BCUT2D eigenvalue weighted by Crippen LogP contribution is 2.59. The summed E-state index contributed by atoms with van der Waals surface area (Å²) in [7, 11) is 0. The Labute approximate surface area is 117 Å². The van der Waals surface area contributed by atoms with Gasteiger partial charge in [-0.15, -0.1) is 0 Å². The van der Waals surface area contributed by atoms with Gasteiger partial charge in [0.25, 0.3) is 0 Å². The van der Waals surface area contributed by atoms with E-state index in [1.165, 1.54) is 37.7 Å². The Bertz CT molecular complexity index is 386. The van der Waals surface area contributed by atoms with Crippen molar-refractivity contribution in [3.8, 4) is 0 Å². The summed E-state index contributed by atoms with van der Waals surface area (Å²) in [5.74, 6) is 4.03. The monoisotopic (exact) mass is 258 g/mol. The summed E-state index contributed by atoms with van der Waals surface area (Å²) in [6.07, 6.45) is 7.22. The van der Waals surface area contributed by atoms with E-state index in [2.05, 4.69) is 37.3 Å². The van der Waals surface area contributed by atoms with Gasteiger partial charge in [-0.25, -0.2) is 0 Å². The van der Waals surface area contributed by atoms with Gasteiger partial charge in [0.15, 0.2) is 0 Å². The molecule has 1 aromatic carbocycles. The molecule has 104 valence electrons. The van der Waals surface area contributed by atoms with E-state index in [1.807, 2.05) is 0 Å². The van der Waals surface area contributed by atoms with Gasteiger partial charge >= 0.3 is 0 Å². The summed E-state index contributed by atoms with van der Waals surface area (Å²) < 4.78 is 5.87. The lowest BCUT2D eigenvalue weighted by molar-refractivity contribution is 0.107. The minimum Gasteiger partial charge on any atom is -0.376 e. The van der Waals surface area contributed by atoms with Gasteiger partial charge < -0.3 is 4.74 Å². The molecule has 0 saturated heterocycles. The fraction of sp³-hybridized carbons (Fsp3) is 0.667. The van der Waals surface area contributed by atoms with Crippen molar-refractivity contribution in [1.29, 1.82) is 0 Å². The van der Waals surface area contributed by atoms with Crippen molar-refractivity contribution >= 4 is 0 Å². The molecule has 0 unspecified atom stereocenters. The van der Waals surface area contributed by atoms with E-state index in [-0.39, 0.29) is 0 Å². The summed E-state index contributed by atoms with van der Waals surface area (Å²) >= 11 is 0. The first-order chi connectivity index (χ1) is 9.38. The third-order valence-corrected chi connectivity index (χ3v) is 4.88. The second kappa shape index (κ2) is 6.09. The van der Waals surface area contributed by atoms with Gasteiger partial charge in [0.1, 0.15) is 0 Å². The van der Waals surface area contributed by atoms with Crippen molar-refractivity contribution in [3.63, 3.8) is 0 Å². The lowest BCUT2D eigenvalue weighted by atomic mass is 10.1.